The molecule has 0 bridgehead atoms. The maximum Gasteiger partial charge on any atom is 0.0628 e. The zero-order valence-corrected chi connectivity index (χ0v) is 7.95. The highest BCUT2D eigenvalue weighted by Crippen LogP contribution is 2.21. The first kappa shape index (κ1) is 5.32. The topological polar surface area (TPSA) is 17.8 Å². The zero-order valence-electron chi connectivity index (χ0n) is 10.1. The monoisotopic (exact) mass is 185 g/mol. The summed E-state index contributed by atoms with van der Waals surface area (Å²) in [5, 5.41) is 4.15. The first-order valence-corrected chi connectivity index (χ1v) is 5.31. The maximum atomic E-state index is 7.42. The molecule has 2 rings (SSSR count). The molecule has 0 spiro atoms. The fraction of sp³-hybridized carbons (Fsp3) is 0.667. The maximum absolute atomic E-state index is 7.42. The second kappa shape index (κ2) is 3.13. The Labute approximate surface area is 81.6 Å². The van der Waals surface area contributed by atoms with Crippen LogP contribution in [0, 0.1) is 6.92 Å². The van der Waals surface area contributed by atoms with Crippen LogP contribution in [0.15, 0.2) is 0 Å². The fourth-order valence-corrected chi connectivity index (χ4v) is 2.52. The first-order valence-electron chi connectivity index (χ1n) is 5.66. The lowest BCUT2D eigenvalue weighted by atomic mass is 10.1. The van der Waals surface area contributed by atoms with Crippen LogP contribution in [0.1, 0.15) is 21.1 Å². The summed E-state index contributed by atoms with van der Waals surface area (Å²) in [7, 11) is 0. The van der Waals surface area contributed by atoms with Crippen molar-refractivity contribution in [3.63, 3.8) is 0 Å². The van der Waals surface area contributed by atoms with Crippen LogP contribution >= 0.6 is 11.8 Å². The number of hydrogen-bond donors (Lipinski definition) is 0. The van der Waals surface area contributed by atoms with Gasteiger partial charge in [-0.25, -0.2) is 0 Å². The van der Waals surface area contributed by atoms with Gasteiger partial charge in [-0.15, -0.1) is 0 Å². The standard InChI is InChI=1S/C9H14N2S/c1-7-8-3-5-12-6-4-9(8)11(2)10-7/h3-6H2,1-2H3/i2D3. The van der Waals surface area contributed by atoms with Crippen LogP contribution < -0.4 is 0 Å². The van der Waals surface area contributed by atoms with Gasteiger partial charge in [0, 0.05) is 16.8 Å². The van der Waals surface area contributed by atoms with E-state index in [1.54, 1.807) is 0 Å². The fourth-order valence-electron chi connectivity index (χ4n) is 1.63. The molecule has 1 aromatic heterocycles. The van der Waals surface area contributed by atoms with E-state index in [1.807, 2.05) is 18.7 Å². The predicted molar refractivity (Wildman–Crippen MR) is 52.7 cm³/mol. The number of aromatic nitrogens is 2. The van der Waals surface area contributed by atoms with Crippen molar-refractivity contribution in [1.82, 2.24) is 9.78 Å². The van der Waals surface area contributed by atoms with Gasteiger partial charge in [-0.05, 0) is 36.8 Å². The molecule has 1 aliphatic heterocycles. The Kier molecular flexibility index (Phi) is 1.39. The van der Waals surface area contributed by atoms with Crippen molar-refractivity contribution in [3.8, 4) is 0 Å². The minimum absolute atomic E-state index is 0.819. The minimum atomic E-state index is -2.13. The van der Waals surface area contributed by atoms with Crippen LogP contribution in [0.25, 0.3) is 0 Å². The number of nitrogens with zero attached hydrogens (tertiary/aromatic N) is 2. The van der Waals surface area contributed by atoms with Crippen LogP contribution in [-0.4, -0.2) is 21.3 Å². The Morgan fingerprint density at radius 3 is 3.17 bits per heavy atom. The van der Waals surface area contributed by atoms with Crippen molar-refractivity contribution in [2.75, 3.05) is 11.5 Å². The van der Waals surface area contributed by atoms with E-state index in [-0.39, 0.29) is 0 Å². The number of hydrogen-bond acceptors (Lipinski definition) is 2. The molecule has 2 nitrogen and oxygen atoms in total. The number of rotatable bonds is 0. The van der Waals surface area contributed by atoms with Gasteiger partial charge in [-0.3, -0.25) is 4.68 Å². The molecule has 0 saturated carbocycles. The van der Waals surface area contributed by atoms with E-state index in [9.17, 15) is 0 Å². The molecule has 1 aromatic rings. The number of thioether (sulfide) groups is 1. The van der Waals surface area contributed by atoms with E-state index >= 15 is 0 Å². The molecular formula is C9H14N2S. The Hall–Kier alpha value is -0.440. The van der Waals surface area contributed by atoms with Gasteiger partial charge in [0.15, 0.2) is 0 Å². The van der Waals surface area contributed by atoms with Crippen molar-refractivity contribution in [2.24, 2.45) is 6.98 Å². The van der Waals surface area contributed by atoms with Gasteiger partial charge in [0.25, 0.3) is 0 Å². The zero-order chi connectivity index (χ0) is 11.1. The van der Waals surface area contributed by atoms with Crippen molar-refractivity contribution in [1.29, 1.82) is 0 Å². The number of aryl methyl sites for hydroxylation is 2. The Morgan fingerprint density at radius 1 is 1.50 bits per heavy atom. The summed E-state index contributed by atoms with van der Waals surface area (Å²) >= 11 is 1.88. The van der Waals surface area contributed by atoms with Gasteiger partial charge in [0.2, 0.25) is 0 Å². The molecule has 0 unspecified atom stereocenters. The molecule has 0 aliphatic carbocycles. The van der Waals surface area contributed by atoms with Crippen molar-refractivity contribution >= 4 is 11.8 Å². The third-order valence-electron chi connectivity index (χ3n) is 2.27. The molecule has 0 atom stereocenters. The minimum Gasteiger partial charge on any atom is -0.272 e. The Morgan fingerprint density at radius 2 is 2.33 bits per heavy atom. The van der Waals surface area contributed by atoms with E-state index in [4.69, 9.17) is 4.11 Å². The highest BCUT2D eigenvalue weighted by Gasteiger charge is 2.14. The highest BCUT2D eigenvalue weighted by atomic mass is 32.2. The SMILES string of the molecule is [2H]C([2H])([2H])n1nc(C)c2c1CCSCC2. The van der Waals surface area contributed by atoms with E-state index in [0.717, 1.165) is 41.3 Å². The summed E-state index contributed by atoms with van der Waals surface area (Å²) in [5.41, 5.74) is 2.94. The third-order valence-corrected chi connectivity index (χ3v) is 3.26. The van der Waals surface area contributed by atoms with Crippen LogP contribution in [0.3, 0.4) is 0 Å². The van der Waals surface area contributed by atoms with Gasteiger partial charge in [-0.1, -0.05) is 0 Å². The van der Waals surface area contributed by atoms with E-state index in [0.29, 0.717) is 0 Å². The average Bonchev–Trinajstić information content (AvgIpc) is 2.37. The molecule has 1 aliphatic rings. The summed E-state index contributed by atoms with van der Waals surface area (Å²) in [6.45, 7) is -0.232. The molecule has 0 fully saturated rings. The Balaban J connectivity index is 2.49. The molecule has 3 heteroatoms. The molecule has 0 saturated heterocycles. The van der Waals surface area contributed by atoms with Crippen LogP contribution in [0.2, 0.25) is 0 Å². The highest BCUT2D eigenvalue weighted by molar-refractivity contribution is 7.99. The average molecular weight is 185 g/mol. The molecule has 66 valence electrons. The van der Waals surface area contributed by atoms with Gasteiger partial charge in [-0.2, -0.15) is 16.9 Å². The lowest BCUT2D eigenvalue weighted by molar-refractivity contribution is 0.711. The van der Waals surface area contributed by atoms with E-state index < -0.39 is 6.98 Å². The summed E-state index contributed by atoms with van der Waals surface area (Å²) in [6.07, 6.45) is 1.77. The van der Waals surface area contributed by atoms with Crippen LogP contribution in [-0.2, 0) is 19.8 Å². The largest absolute Gasteiger partial charge is 0.272 e. The van der Waals surface area contributed by atoms with Gasteiger partial charge in [0.05, 0.1) is 5.69 Å². The van der Waals surface area contributed by atoms with E-state index in [1.165, 1.54) is 4.68 Å². The van der Waals surface area contributed by atoms with Crippen LogP contribution in [0.5, 0.6) is 0 Å². The predicted octanol–water partition coefficient (Wildman–Crippen LogP) is 1.56. The first-order chi connectivity index (χ1) is 7.00. The van der Waals surface area contributed by atoms with Gasteiger partial charge < -0.3 is 0 Å². The molecule has 12 heavy (non-hydrogen) atoms. The second-order valence-corrected chi connectivity index (χ2v) is 4.26. The molecule has 0 amide bonds. The quantitative estimate of drug-likeness (QED) is 0.610. The Bertz CT molecular complexity index is 370. The summed E-state index contributed by atoms with van der Waals surface area (Å²) in [6, 6.07) is 0. The van der Waals surface area contributed by atoms with Gasteiger partial charge in [0.1, 0.15) is 0 Å². The second-order valence-electron chi connectivity index (χ2n) is 3.03. The molecule has 0 aromatic carbocycles. The van der Waals surface area contributed by atoms with Crippen molar-refractivity contribution < 1.29 is 4.11 Å². The lowest BCUT2D eigenvalue weighted by Crippen LogP contribution is -2.00. The van der Waals surface area contributed by atoms with Crippen molar-refractivity contribution in [2.45, 2.75) is 19.8 Å². The van der Waals surface area contributed by atoms with Gasteiger partial charge >= 0.3 is 0 Å². The van der Waals surface area contributed by atoms with Crippen molar-refractivity contribution in [3.05, 3.63) is 17.0 Å². The molecule has 0 radical (unpaired) electrons. The van der Waals surface area contributed by atoms with E-state index in [2.05, 4.69) is 5.10 Å². The molecule has 0 N–H and O–H groups in total. The summed E-state index contributed by atoms with van der Waals surface area (Å²) < 4.78 is 23.5. The third kappa shape index (κ3) is 1.26. The summed E-state index contributed by atoms with van der Waals surface area (Å²) in [4.78, 5) is 0. The summed E-state index contributed by atoms with van der Waals surface area (Å²) in [5.74, 6) is 2.06. The smallest absolute Gasteiger partial charge is 0.0628 e. The number of fused-ring (bicyclic) bond motifs is 1. The molecular weight excluding hydrogens is 168 g/mol. The molecule has 2 heterocycles. The lowest BCUT2D eigenvalue weighted by Gasteiger charge is -1.99. The normalized spacial score (nSPS) is 21.9. The van der Waals surface area contributed by atoms with Crippen LogP contribution in [0.4, 0.5) is 0 Å².